The summed E-state index contributed by atoms with van der Waals surface area (Å²) >= 11 is 11.9. The summed E-state index contributed by atoms with van der Waals surface area (Å²) in [6.45, 7) is -0.230. The third-order valence-corrected chi connectivity index (χ3v) is 7.97. The number of pyridine rings is 1. The van der Waals surface area contributed by atoms with Crippen molar-refractivity contribution in [3.05, 3.63) is 70.1 Å². The highest BCUT2D eigenvalue weighted by Gasteiger charge is 2.55. The predicted molar refractivity (Wildman–Crippen MR) is 134 cm³/mol. The molecule has 0 radical (unpaired) electrons. The van der Waals surface area contributed by atoms with Gasteiger partial charge in [0.15, 0.2) is 6.61 Å². The maximum absolute atomic E-state index is 13.4. The second kappa shape index (κ2) is 9.50. The Morgan fingerprint density at radius 2 is 1.81 bits per heavy atom. The summed E-state index contributed by atoms with van der Waals surface area (Å²) in [6.07, 6.45) is 1.70. The number of halogens is 3. The molecule has 3 saturated carbocycles. The number of hydrogen-bond acceptors (Lipinski definition) is 5. The van der Waals surface area contributed by atoms with Gasteiger partial charge in [-0.1, -0.05) is 29.3 Å². The smallest absolute Gasteiger partial charge is 0.270 e. The molecule has 3 N–H and O–H groups in total. The Balaban J connectivity index is 1.20. The van der Waals surface area contributed by atoms with Crippen molar-refractivity contribution >= 4 is 45.9 Å². The van der Waals surface area contributed by atoms with Crippen LogP contribution >= 0.6 is 23.2 Å². The van der Waals surface area contributed by atoms with Crippen LogP contribution in [0.25, 0.3) is 10.9 Å². The van der Waals surface area contributed by atoms with E-state index in [0.29, 0.717) is 58.8 Å². The minimum absolute atomic E-state index is 0.230. The minimum atomic E-state index is -0.832. The van der Waals surface area contributed by atoms with Gasteiger partial charge in [-0.15, -0.1) is 0 Å². The number of rotatable bonds is 6. The molecule has 36 heavy (non-hydrogen) atoms. The molecule has 3 aliphatic carbocycles. The number of nitrogens with zero attached hydrogens (tertiary/aromatic N) is 1. The van der Waals surface area contributed by atoms with Gasteiger partial charge in [-0.3, -0.25) is 9.59 Å². The lowest BCUT2D eigenvalue weighted by molar-refractivity contribution is -0.132. The van der Waals surface area contributed by atoms with Crippen molar-refractivity contribution < 1.29 is 23.8 Å². The summed E-state index contributed by atoms with van der Waals surface area (Å²) in [5.41, 5.74) is -0.596. The van der Waals surface area contributed by atoms with E-state index in [-0.39, 0.29) is 29.9 Å². The molecule has 1 aromatic heterocycles. The molecule has 188 valence electrons. The quantitative estimate of drug-likeness (QED) is 0.437. The van der Waals surface area contributed by atoms with E-state index in [1.165, 1.54) is 24.3 Å². The summed E-state index contributed by atoms with van der Waals surface area (Å²) in [4.78, 5) is 30.0. The van der Waals surface area contributed by atoms with E-state index in [4.69, 9.17) is 27.9 Å². The van der Waals surface area contributed by atoms with Crippen LogP contribution in [-0.4, -0.2) is 45.7 Å². The molecule has 3 fully saturated rings. The van der Waals surface area contributed by atoms with E-state index >= 15 is 0 Å². The normalized spacial score (nSPS) is 24.9. The number of aliphatic hydroxyl groups excluding tert-OH is 1. The zero-order chi connectivity index (χ0) is 25.5. The van der Waals surface area contributed by atoms with E-state index < -0.39 is 17.2 Å². The van der Waals surface area contributed by atoms with Crippen LogP contribution in [0.3, 0.4) is 0 Å². The first kappa shape index (κ1) is 24.7. The van der Waals surface area contributed by atoms with Crippen molar-refractivity contribution in [3.8, 4) is 5.75 Å². The van der Waals surface area contributed by atoms with E-state index in [1.807, 2.05) is 0 Å². The van der Waals surface area contributed by atoms with Crippen molar-refractivity contribution in [2.24, 2.45) is 0 Å². The van der Waals surface area contributed by atoms with Gasteiger partial charge in [0, 0.05) is 17.0 Å². The van der Waals surface area contributed by atoms with Gasteiger partial charge in [0.25, 0.3) is 11.8 Å². The van der Waals surface area contributed by atoms with Gasteiger partial charge < -0.3 is 20.5 Å². The first-order chi connectivity index (χ1) is 17.2. The van der Waals surface area contributed by atoms with E-state index in [0.717, 1.165) is 0 Å². The molecule has 10 heteroatoms. The zero-order valence-electron chi connectivity index (χ0n) is 19.2. The van der Waals surface area contributed by atoms with Crippen LogP contribution < -0.4 is 15.4 Å². The van der Waals surface area contributed by atoms with Crippen molar-refractivity contribution in [2.75, 3.05) is 6.61 Å². The topological polar surface area (TPSA) is 101 Å². The van der Waals surface area contributed by atoms with Crippen molar-refractivity contribution in [2.45, 2.75) is 49.3 Å². The summed E-state index contributed by atoms with van der Waals surface area (Å²) in [6, 6.07) is 12.2. The molecule has 3 aromatic rings. The molecular weight excluding hydrogens is 508 g/mol. The Morgan fingerprint density at radius 1 is 1.03 bits per heavy atom. The van der Waals surface area contributed by atoms with E-state index in [1.54, 1.807) is 24.3 Å². The van der Waals surface area contributed by atoms with Crippen LogP contribution in [0.15, 0.2) is 48.5 Å². The van der Waals surface area contributed by atoms with Gasteiger partial charge in [-0.05, 0) is 68.5 Å². The number of fused-ring (bicyclic) bond motifs is 4. The first-order valence-corrected chi connectivity index (χ1v) is 12.4. The van der Waals surface area contributed by atoms with Gasteiger partial charge in [0.1, 0.15) is 17.3 Å². The molecule has 0 unspecified atom stereocenters. The molecule has 6 rings (SSSR count). The summed E-state index contributed by atoms with van der Waals surface area (Å²) in [5.74, 6) is -0.647. The number of carbonyl (C=O) groups excluding carboxylic acids is 2. The Bertz CT molecular complexity index is 1340. The SMILES string of the molecule is O=C(COc1ccc(Cl)c(Cl)c1)NC12CCC(NC(=O)c3ccc4cc(F)ccc4n3)(CC1)C[C@@H]2O. The largest absolute Gasteiger partial charge is 0.484 e. The third-order valence-electron chi connectivity index (χ3n) is 7.23. The molecule has 0 aliphatic heterocycles. The number of nitrogens with one attached hydrogen (secondary N) is 2. The van der Waals surface area contributed by atoms with Crippen LogP contribution in [0.1, 0.15) is 42.6 Å². The number of carbonyl (C=O) groups is 2. The number of hydrogen-bond donors (Lipinski definition) is 3. The monoisotopic (exact) mass is 531 g/mol. The second-order valence-corrected chi connectivity index (χ2v) is 10.4. The molecule has 0 spiro atoms. The Morgan fingerprint density at radius 3 is 2.53 bits per heavy atom. The summed E-state index contributed by atoms with van der Waals surface area (Å²) in [7, 11) is 0. The Hall–Kier alpha value is -2.94. The van der Waals surface area contributed by atoms with Crippen LogP contribution in [0.2, 0.25) is 10.0 Å². The standard InChI is InChI=1S/C26H24Cl2FN3O4/c27-18-4-3-17(12-19(18)28)36-14-23(34)31-26-9-7-25(8-10-26,13-22(26)33)32-24(35)21-5-1-15-11-16(29)2-6-20(15)30-21/h1-6,11-12,22,33H,7-10,13-14H2,(H,31,34)(H,32,35)/t22-,25?,26?/m0/s1. The van der Waals surface area contributed by atoms with Crippen molar-refractivity contribution in [1.82, 2.24) is 15.6 Å². The lowest BCUT2D eigenvalue weighted by Crippen LogP contribution is -2.70. The lowest BCUT2D eigenvalue weighted by Gasteiger charge is -2.56. The summed E-state index contributed by atoms with van der Waals surface area (Å²) in [5, 5.41) is 18.3. The zero-order valence-corrected chi connectivity index (χ0v) is 20.7. The fourth-order valence-corrected chi connectivity index (χ4v) is 5.51. The number of aliphatic hydroxyl groups is 1. The van der Waals surface area contributed by atoms with Crippen LogP contribution in [0, 0.1) is 5.82 Å². The van der Waals surface area contributed by atoms with Gasteiger partial charge >= 0.3 is 0 Å². The lowest BCUT2D eigenvalue weighted by atomic mass is 9.60. The van der Waals surface area contributed by atoms with E-state index in [2.05, 4.69) is 15.6 Å². The van der Waals surface area contributed by atoms with Gasteiger partial charge in [0.05, 0.1) is 27.2 Å². The summed E-state index contributed by atoms with van der Waals surface area (Å²) < 4.78 is 18.9. The number of aromatic nitrogens is 1. The van der Waals surface area contributed by atoms with Crippen molar-refractivity contribution in [1.29, 1.82) is 0 Å². The minimum Gasteiger partial charge on any atom is -0.484 e. The molecule has 2 aromatic carbocycles. The molecule has 2 amide bonds. The van der Waals surface area contributed by atoms with Crippen molar-refractivity contribution in [3.63, 3.8) is 0 Å². The molecule has 7 nitrogen and oxygen atoms in total. The highest BCUT2D eigenvalue weighted by Crippen LogP contribution is 2.47. The average Bonchev–Trinajstić information content (AvgIpc) is 2.85. The van der Waals surface area contributed by atoms with Gasteiger partial charge in [0.2, 0.25) is 0 Å². The van der Waals surface area contributed by atoms with Crippen LogP contribution in [-0.2, 0) is 4.79 Å². The fourth-order valence-electron chi connectivity index (χ4n) is 5.22. The highest BCUT2D eigenvalue weighted by atomic mass is 35.5. The van der Waals surface area contributed by atoms with Crippen LogP contribution in [0.4, 0.5) is 4.39 Å². The Kier molecular flexibility index (Phi) is 6.53. The fraction of sp³-hybridized carbons (Fsp3) is 0.346. The van der Waals surface area contributed by atoms with Gasteiger partial charge in [-0.2, -0.15) is 0 Å². The number of ether oxygens (including phenoxy) is 1. The maximum atomic E-state index is 13.4. The molecule has 2 bridgehead atoms. The first-order valence-electron chi connectivity index (χ1n) is 11.6. The molecule has 3 aliphatic rings. The predicted octanol–water partition coefficient (Wildman–Crippen LogP) is 4.42. The van der Waals surface area contributed by atoms with Crippen LogP contribution in [0.5, 0.6) is 5.75 Å². The number of benzene rings is 2. The Labute approximate surface area is 216 Å². The second-order valence-electron chi connectivity index (χ2n) is 9.56. The highest BCUT2D eigenvalue weighted by molar-refractivity contribution is 6.42. The third kappa shape index (κ3) is 4.85. The molecule has 1 heterocycles. The molecule has 0 saturated heterocycles. The molecule has 1 atom stereocenters. The molecular formula is C26H24Cl2FN3O4. The van der Waals surface area contributed by atoms with Gasteiger partial charge in [-0.25, -0.2) is 9.37 Å². The van der Waals surface area contributed by atoms with E-state index in [9.17, 15) is 19.1 Å². The average molecular weight is 532 g/mol. The number of amides is 2. The maximum Gasteiger partial charge on any atom is 0.270 e.